The minimum atomic E-state index is -3.07. The maximum Gasteiger partial charge on any atom is 0.274 e. The Bertz CT molecular complexity index is 1120. The number of hydrogen-bond donors (Lipinski definition) is 1. The van der Waals surface area contributed by atoms with E-state index < -0.39 is 9.84 Å². The molecular weight excluding hydrogens is 388 g/mol. The number of sulfone groups is 1. The Kier molecular flexibility index (Phi) is 5.19. The summed E-state index contributed by atoms with van der Waals surface area (Å²) in [5.74, 6) is 0.0583. The van der Waals surface area contributed by atoms with Gasteiger partial charge in [-0.05, 0) is 36.1 Å². The Balaban J connectivity index is 1.47. The molecule has 1 aliphatic carbocycles. The van der Waals surface area contributed by atoms with Crippen LogP contribution in [0.1, 0.15) is 46.1 Å². The summed E-state index contributed by atoms with van der Waals surface area (Å²) in [5, 5.41) is 11.3. The molecule has 1 aromatic heterocycles. The van der Waals surface area contributed by atoms with Crippen LogP contribution in [-0.4, -0.2) is 35.6 Å². The van der Waals surface area contributed by atoms with Gasteiger partial charge in [0.05, 0.1) is 17.1 Å². The molecule has 7 nitrogen and oxygen atoms in total. The van der Waals surface area contributed by atoms with E-state index in [4.69, 9.17) is 0 Å². The molecule has 1 aliphatic rings. The van der Waals surface area contributed by atoms with Gasteiger partial charge in [-0.3, -0.25) is 4.79 Å². The normalized spacial score (nSPS) is 14.0. The van der Waals surface area contributed by atoms with Gasteiger partial charge in [0.15, 0.2) is 15.5 Å². The number of hydrogen-bond acceptors (Lipinski definition) is 5. The van der Waals surface area contributed by atoms with Gasteiger partial charge >= 0.3 is 0 Å². The summed E-state index contributed by atoms with van der Waals surface area (Å²) in [4.78, 5) is 12.8. The van der Waals surface area contributed by atoms with Crippen LogP contribution in [0.15, 0.2) is 54.6 Å². The molecule has 8 heteroatoms. The van der Waals surface area contributed by atoms with E-state index in [2.05, 4.69) is 15.6 Å². The zero-order valence-electron chi connectivity index (χ0n) is 16.1. The Morgan fingerprint density at radius 1 is 1.07 bits per heavy atom. The standard InChI is InChI=1S/C21H22N4O3S/c1-29(27,28)14-16-9-7-15(8-10-16)13-22-21(26)19-20(17-11-12-17)25(24-23-19)18-5-3-2-4-6-18/h2-10,17H,11-14H2,1H3,(H,22,26). The van der Waals surface area contributed by atoms with Crippen LogP contribution in [0.3, 0.4) is 0 Å². The number of carbonyl (C=O) groups is 1. The van der Waals surface area contributed by atoms with E-state index in [1.807, 2.05) is 42.5 Å². The molecule has 0 radical (unpaired) electrons. The van der Waals surface area contributed by atoms with Gasteiger partial charge in [0, 0.05) is 18.7 Å². The molecule has 4 rings (SSSR count). The predicted molar refractivity (Wildman–Crippen MR) is 109 cm³/mol. The lowest BCUT2D eigenvalue weighted by atomic mass is 10.1. The molecule has 1 saturated carbocycles. The van der Waals surface area contributed by atoms with Crippen molar-refractivity contribution >= 4 is 15.7 Å². The summed E-state index contributed by atoms with van der Waals surface area (Å²) in [5.41, 5.74) is 3.73. The first kappa shape index (κ1) is 19.3. The Morgan fingerprint density at radius 3 is 2.34 bits per heavy atom. The minimum Gasteiger partial charge on any atom is -0.347 e. The fourth-order valence-corrected chi connectivity index (χ4v) is 4.05. The van der Waals surface area contributed by atoms with Crippen LogP contribution in [-0.2, 0) is 22.1 Å². The third-order valence-corrected chi connectivity index (χ3v) is 5.65. The Hall–Kier alpha value is -3.00. The van der Waals surface area contributed by atoms with Crippen molar-refractivity contribution in [3.05, 3.63) is 77.1 Å². The maximum atomic E-state index is 12.8. The topological polar surface area (TPSA) is 93.9 Å². The van der Waals surface area contributed by atoms with E-state index in [1.165, 1.54) is 6.26 Å². The lowest BCUT2D eigenvalue weighted by molar-refractivity contribution is 0.0944. The molecule has 0 saturated heterocycles. The largest absolute Gasteiger partial charge is 0.347 e. The van der Waals surface area contributed by atoms with E-state index in [1.54, 1.807) is 16.8 Å². The molecule has 0 unspecified atom stereocenters. The second-order valence-electron chi connectivity index (χ2n) is 7.41. The monoisotopic (exact) mass is 410 g/mol. The van der Waals surface area contributed by atoms with Gasteiger partial charge in [-0.1, -0.05) is 47.7 Å². The van der Waals surface area contributed by atoms with Crippen molar-refractivity contribution in [1.82, 2.24) is 20.3 Å². The fourth-order valence-electron chi connectivity index (χ4n) is 3.26. The molecule has 1 N–H and O–H groups in total. The van der Waals surface area contributed by atoms with E-state index in [9.17, 15) is 13.2 Å². The lowest BCUT2D eigenvalue weighted by Gasteiger charge is -2.08. The SMILES string of the molecule is CS(=O)(=O)Cc1ccc(CNC(=O)c2nnn(-c3ccccc3)c2C2CC2)cc1. The molecule has 29 heavy (non-hydrogen) atoms. The molecular formula is C21H22N4O3S. The van der Waals surface area contributed by atoms with Crippen LogP contribution in [0.5, 0.6) is 0 Å². The second-order valence-corrected chi connectivity index (χ2v) is 9.55. The third kappa shape index (κ3) is 4.71. The quantitative estimate of drug-likeness (QED) is 0.646. The van der Waals surface area contributed by atoms with Crippen LogP contribution >= 0.6 is 0 Å². The molecule has 1 heterocycles. The van der Waals surface area contributed by atoms with E-state index >= 15 is 0 Å². The van der Waals surface area contributed by atoms with Crippen molar-refractivity contribution in [2.45, 2.75) is 31.1 Å². The van der Waals surface area contributed by atoms with Crippen LogP contribution in [0.2, 0.25) is 0 Å². The summed E-state index contributed by atoms with van der Waals surface area (Å²) in [6.45, 7) is 0.334. The first-order chi connectivity index (χ1) is 13.9. The summed E-state index contributed by atoms with van der Waals surface area (Å²) in [7, 11) is -3.07. The minimum absolute atomic E-state index is 0.00692. The van der Waals surface area contributed by atoms with Crippen molar-refractivity contribution in [2.24, 2.45) is 0 Å². The van der Waals surface area contributed by atoms with Crippen molar-refractivity contribution in [3.63, 3.8) is 0 Å². The van der Waals surface area contributed by atoms with Crippen molar-refractivity contribution in [2.75, 3.05) is 6.26 Å². The average Bonchev–Trinajstić information content (AvgIpc) is 3.44. The highest BCUT2D eigenvalue weighted by Crippen LogP contribution is 2.41. The molecule has 0 bridgehead atoms. The zero-order valence-corrected chi connectivity index (χ0v) is 16.9. The number of carbonyl (C=O) groups excluding carboxylic acids is 1. The van der Waals surface area contributed by atoms with Gasteiger partial charge in [-0.2, -0.15) is 0 Å². The number of aromatic nitrogens is 3. The van der Waals surface area contributed by atoms with Crippen LogP contribution in [0.25, 0.3) is 5.69 Å². The lowest BCUT2D eigenvalue weighted by Crippen LogP contribution is -2.24. The number of para-hydroxylation sites is 1. The first-order valence-electron chi connectivity index (χ1n) is 9.45. The molecule has 1 fully saturated rings. The highest BCUT2D eigenvalue weighted by Gasteiger charge is 2.34. The highest BCUT2D eigenvalue weighted by molar-refractivity contribution is 7.89. The zero-order chi connectivity index (χ0) is 20.4. The van der Waals surface area contributed by atoms with Crippen LogP contribution in [0, 0.1) is 0 Å². The van der Waals surface area contributed by atoms with Gasteiger partial charge in [0.25, 0.3) is 5.91 Å². The van der Waals surface area contributed by atoms with E-state index in [0.29, 0.717) is 18.2 Å². The Labute approximate surface area is 169 Å². The molecule has 0 aliphatic heterocycles. The summed E-state index contributed by atoms with van der Waals surface area (Å²) in [6.07, 6.45) is 3.27. The van der Waals surface area contributed by atoms with E-state index in [0.717, 1.165) is 35.3 Å². The van der Waals surface area contributed by atoms with Crippen molar-refractivity contribution in [1.29, 1.82) is 0 Å². The Morgan fingerprint density at radius 2 is 1.72 bits per heavy atom. The molecule has 150 valence electrons. The number of benzene rings is 2. The van der Waals surface area contributed by atoms with Crippen LogP contribution in [0.4, 0.5) is 0 Å². The van der Waals surface area contributed by atoms with Crippen molar-refractivity contribution in [3.8, 4) is 5.69 Å². The smallest absolute Gasteiger partial charge is 0.274 e. The summed E-state index contributed by atoms with van der Waals surface area (Å²) >= 11 is 0. The molecule has 0 spiro atoms. The number of nitrogens with zero attached hydrogens (tertiary/aromatic N) is 3. The van der Waals surface area contributed by atoms with Gasteiger partial charge < -0.3 is 5.32 Å². The highest BCUT2D eigenvalue weighted by atomic mass is 32.2. The van der Waals surface area contributed by atoms with Gasteiger partial charge in [-0.25, -0.2) is 13.1 Å². The summed E-state index contributed by atoms with van der Waals surface area (Å²) in [6, 6.07) is 16.9. The molecule has 1 amide bonds. The number of rotatable bonds is 7. The third-order valence-electron chi connectivity index (χ3n) is 4.79. The van der Waals surface area contributed by atoms with Crippen molar-refractivity contribution < 1.29 is 13.2 Å². The van der Waals surface area contributed by atoms with Gasteiger partial charge in [0.2, 0.25) is 0 Å². The molecule has 0 atom stereocenters. The molecule has 3 aromatic rings. The predicted octanol–water partition coefficient (Wildman–Crippen LogP) is 2.62. The average molecular weight is 410 g/mol. The number of amides is 1. The first-order valence-corrected chi connectivity index (χ1v) is 11.5. The van der Waals surface area contributed by atoms with E-state index in [-0.39, 0.29) is 11.7 Å². The fraction of sp³-hybridized carbons (Fsp3) is 0.286. The van der Waals surface area contributed by atoms with Gasteiger partial charge in [0.1, 0.15) is 0 Å². The number of nitrogens with one attached hydrogen (secondary N) is 1. The summed E-state index contributed by atoms with van der Waals surface area (Å²) < 4.78 is 24.5. The van der Waals surface area contributed by atoms with Crippen LogP contribution < -0.4 is 5.32 Å². The second kappa shape index (κ2) is 7.79. The molecule has 2 aromatic carbocycles. The maximum absolute atomic E-state index is 12.8. The van der Waals surface area contributed by atoms with Gasteiger partial charge in [-0.15, -0.1) is 5.10 Å².